The summed E-state index contributed by atoms with van der Waals surface area (Å²) in [5.74, 6) is 0.792. The fraction of sp³-hybridized carbons (Fsp3) is 0.500. The second-order valence-electron chi connectivity index (χ2n) is 5.31. The number of benzene rings is 1. The number of rotatable bonds is 1. The predicted molar refractivity (Wildman–Crippen MR) is 71.9 cm³/mol. The Kier molecular flexibility index (Phi) is 3.04. The molecule has 96 valence electrons. The maximum atomic E-state index is 12.4. The van der Waals surface area contributed by atoms with E-state index in [-0.39, 0.29) is 5.91 Å². The maximum Gasteiger partial charge on any atom is 0.253 e. The van der Waals surface area contributed by atoms with Crippen LogP contribution in [0.4, 0.5) is 0 Å². The average molecular weight is 265 g/mol. The van der Waals surface area contributed by atoms with Crippen molar-refractivity contribution in [1.29, 1.82) is 0 Å². The Hall–Kier alpha value is -1.06. The molecule has 0 aliphatic carbocycles. The third-order valence-corrected chi connectivity index (χ3v) is 4.46. The van der Waals surface area contributed by atoms with Gasteiger partial charge in [0.2, 0.25) is 0 Å². The average Bonchev–Trinajstić information content (AvgIpc) is 2.92. The fourth-order valence-corrected chi connectivity index (χ4v) is 3.24. The topological polar surface area (TPSA) is 23.6 Å². The van der Waals surface area contributed by atoms with Crippen LogP contribution in [0.2, 0.25) is 5.02 Å². The highest BCUT2D eigenvalue weighted by Gasteiger charge is 2.41. The fourth-order valence-electron chi connectivity index (χ4n) is 3.11. The highest BCUT2D eigenvalue weighted by atomic mass is 35.5. The Morgan fingerprint density at radius 2 is 2.00 bits per heavy atom. The Labute approximate surface area is 112 Å². The molecule has 2 saturated heterocycles. The monoisotopic (exact) mass is 264 g/mol. The molecule has 0 saturated carbocycles. The first kappa shape index (κ1) is 12.0. The van der Waals surface area contributed by atoms with Crippen LogP contribution in [0, 0.1) is 5.92 Å². The zero-order chi connectivity index (χ0) is 12.7. The largest absolute Gasteiger partial charge is 0.337 e. The van der Waals surface area contributed by atoms with Gasteiger partial charge in [0, 0.05) is 29.7 Å². The van der Waals surface area contributed by atoms with Gasteiger partial charge in [-0.1, -0.05) is 11.6 Å². The summed E-state index contributed by atoms with van der Waals surface area (Å²) >= 11 is 5.84. The molecule has 18 heavy (non-hydrogen) atoms. The molecule has 2 atom stereocenters. The van der Waals surface area contributed by atoms with Crippen molar-refractivity contribution >= 4 is 17.5 Å². The molecule has 0 aromatic heterocycles. The molecule has 2 aliphatic heterocycles. The van der Waals surface area contributed by atoms with Crippen molar-refractivity contribution in [2.24, 2.45) is 5.92 Å². The highest BCUT2D eigenvalue weighted by Crippen LogP contribution is 2.30. The third-order valence-electron chi connectivity index (χ3n) is 4.20. The van der Waals surface area contributed by atoms with Crippen LogP contribution in [0.25, 0.3) is 0 Å². The normalized spacial score (nSPS) is 27.6. The summed E-state index contributed by atoms with van der Waals surface area (Å²) in [6.07, 6.45) is 1.21. The van der Waals surface area contributed by atoms with Gasteiger partial charge in [-0.05, 0) is 50.2 Å². The third kappa shape index (κ3) is 2.02. The molecule has 3 rings (SSSR count). The summed E-state index contributed by atoms with van der Waals surface area (Å²) in [6, 6.07) is 7.72. The van der Waals surface area contributed by atoms with Gasteiger partial charge >= 0.3 is 0 Å². The number of hydrogen-bond acceptors (Lipinski definition) is 2. The minimum absolute atomic E-state index is 0.134. The number of nitrogens with zero attached hydrogens (tertiary/aromatic N) is 2. The molecule has 0 unspecified atom stereocenters. The Morgan fingerprint density at radius 3 is 2.67 bits per heavy atom. The number of hydrogen-bond donors (Lipinski definition) is 0. The quantitative estimate of drug-likeness (QED) is 0.776. The molecule has 0 radical (unpaired) electrons. The molecule has 0 N–H and O–H groups in total. The predicted octanol–water partition coefficient (Wildman–Crippen LogP) is 2.12. The van der Waals surface area contributed by atoms with E-state index in [0.717, 1.165) is 25.2 Å². The first-order valence-electron chi connectivity index (χ1n) is 6.40. The zero-order valence-electron chi connectivity index (χ0n) is 10.5. The van der Waals surface area contributed by atoms with Crippen molar-refractivity contribution in [2.45, 2.75) is 12.5 Å². The molecule has 1 amide bonds. The van der Waals surface area contributed by atoms with Gasteiger partial charge in [0.15, 0.2) is 0 Å². The molecule has 0 bridgehead atoms. The van der Waals surface area contributed by atoms with E-state index in [2.05, 4.69) is 11.9 Å². The molecule has 2 aliphatic rings. The minimum Gasteiger partial charge on any atom is -0.337 e. The molecule has 0 spiro atoms. The van der Waals surface area contributed by atoms with Gasteiger partial charge in [-0.25, -0.2) is 0 Å². The smallest absolute Gasteiger partial charge is 0.253 e. The van der Waals surface area contributed by atoms with E-state index in [1.165, 1.54) is 6.42 Å². The van der Waals surface area contributed by atoms with Gasteiger partial charge in [-0.3, -0.25) is 4.79 Å². The van der Waals surface area contributed by atoms with E-state index in [9.17, 15) is 4.79 Å². The Balaban J connectivity index is 1.73. The van der Waals surface area contributed by atoms with E-state index in [1.54, 1.807) is 12.1 Å². The van der Waals surface area contributed by atoms with Gasteiger partial charge in [0.25, 0.3) is 5.91 Å². The van der Waals surface area contributed by atoms with Crippen LogP contribution >= 0.6 is 11.6 Å². The van der Waals surface area contributed by atoms with Gasteiger partial charge in [0.05, 0.1) is 0 Å². The highest BCUT2D eigenvalue weighted by molar-refractivity contribution is 6.30. The number of fused-ring (bicyclic) bond motifs is 1. The molecule has 4 heteroatoms. The number of carbonyl (C=O) groups is 1. The first-order chi connectivity index (χ1) is 8.65. The number of carbonyl (C=O) groups excluding carboxylic acids is 1. The molecule has 2 fully saturated rings. The van der Waals surface area contributed by atoms with E-state index in [4.69, 9.17) is 11.6 Å². The number of likely N-dealkylation sites (tertiary alicyclic amines) is 2. The molecule has 3 nitrogen and oxygen atoms in total. The molecule has 1 aromatic rings. The second-order valence-corrected chi connectivity index (χ2v) is 5.75. The van der Waals surface area contributed by atoms with E-state index >= 15 is 0 Å². The number of halogens is 1. The van der Waals surface area contributed by atoms with E-state index < -0.39 is 0 Å². The van der Waals surface area contributed by atoms with Crippen LogP contribution in [-0.2, 0) is 0 Å². The van der Waals surface area contributed by atoms with Crippen LogP contribution < -0.4 is 0 Å². The first-order valence-corrected chi connectivity index (χ1v) is 6.78. The Bertz CT molecular complexity index is 459. The van der Waals surface area contributed by atoms with Gasteiger partial charge in [-0.15, -0.1) is 0 Å². The van der Waals surface area contributed by atoms with E-state index in [0.29, 0.717) is 17.0 Å². The summed E-state index contributed by atoms with van der Waals surface area (Å²) in [4.78, 5) is 16.7. The second kappa shape index (κ2) is 4.56. The number of likely N-dealkylation sites (N-methyl/N-ethyl adjacent to an activating group) is 1. The molecular formula is C14H17ClN2O. The molecular weight excluding hydrogens is 248 g/mol. The maximum absolute atomic E-state index is 12.4. The van der Waals surface area contributed by atoms with Crippen molar-refractivity contribution in [2.75, 3.05) is 26.7 Å². The van der Waals surface area contributed by atoms with Crippen LogP contribution in [0.5, 0.6) is 0 Å². The SMILES string of the molecule is CN1CC[C@@H]2CN(C(=O)c3ccc(Cl)cc3)C[C@@H]21. The lowest BCUT2D eigenvalue weighted by atomic mass is 10.1. The van der Waals surface area contributed by atoms with Crippen LogP contribution in [0.1, 0.15) is 16.8 Å². The molecule has 2 heterocycles. The van der Waals surface area contributed by atoms with Crippen LogP contribution in [-0.4, -0.2) is 48.4 Å². The lowest BCUT2D eigenvalue weighted by Gasteiger charge is -2.20. The van der Waals surface area contributed by atoms with Gasteiger partial charge < -0.3 is 9.80 Å². The summed E-state index contributed by atoms with van der Waals surface area (Å²) in [7, 11) is 2.15. The number of amides is 1. The lowest BCUT2D eigenvalue weighted by Crippen LogP contribution is -2.35. The van der Waals surface area contributed by atoms with Crippen molar-refractivity contribution in [3.63, 3.8) is 0 Å². The van der Waals surface area contributed by atoms with Crippen molar-refractivity contribution in [3.8, 4) is 0 Å². The molecule has 1 aromatic carbocycles. The zero-order valence-corrected chi connectivity index (χ0v) is 11.2. The van der Waals surface area contributed by atoms with Crippen molar-refractivity contribution < 1.29 is 4.79 Å². The van der Waals surface area contributed by atoms with E-state index in [1.807, 2.05) is 17.0 Å². The standard InChI is InChI=1S/C14H17ClN2O/c1-16-7-6-11-8-17(9-13(11)16)14(18)10-2-4-12(15)5-3-10/h2-5,11,13H,6-9H2,1H3/t11-,13+/m1/s1. The summed E-state index contributed by atoms with van der Waals surface area (Å²) in [5, 5.41) is 0.671. The van der Waals surface area contributed by atoms with Crippen molar-refractivity contribution in [1.82, 2.24) is 9.80 Å². The lowest BCUT2D eigenvalue weighted by molar-refractivity contribution is 0.0774. The summed E-state index contributed by atoms with van der Waals surface area (Å²) in [5.41, 5.74) is 0.738. The summed E-state index contributed by atoms with van der Waals surface area (Å²) in [6.45, 7) is 2.93. The van der Waals surface area contributed by atoms with Crippen LogP contribution in [0.15, 0.2) is 24.3 Å². The van der Waals surface area contributed by atoms with Gasteiger partial charge in [-0.2, -0.15) is 0 Å². The Morgan fingerprint density at radius 1 is 1.28 bits per heavy atom. The summed E-state index contributed by atoms with van der Waals surface area (Å²) < 4.78 is 0. The van der Waals surface area contributed by atoms with Crippen molar-refractivity contribution in [3.05, 3.63) is 34.9 Å². The van der Waals surface area contributed by atoms with Crippen LogP contribution in [0.3, 0.4) is 0 Å². The van der Waals surface area contributed by atoms with Gasteiger partial charge in [0.1, 0.15) is 0 Å². The minimum atomic E-state index is 0.134.